The fourth-order valence-corrected chi connectivity index (χ4v) is 4.11. The van der Waals surface area contributed by atoms with E-state index < -0.39 is 29.5 Å². The van der Waals surface area contributed by atoms with E-state index in [4.69, 9.17) is 19.3 Å². The largest absolute Gasteiger partial charge is 0.394 e. The van der Waals surface area contributed by atoms with E-state index in [1.165, 1.54) is 11.8 Å². The minimum atomic E-state index is -0.846. The molecule has 0 spiro atoms. The van der Waals surface area contributed by atoms with E-state index >= 15 is 0 Å². The van der Waals surface area contributed by atoms with Gasteiger partial charge in [0.1, 0.15) is 11.6 Å². The zero-order chi connectivity index (χ0) is 27.8. The van der Waals surface area contributed by atoms with E-state index in [0.717, 1.165) is 0 Å². The van der Waals surface area contributed by atoms with Crippen LogP contribution in [0.1, 0.15) is 47.5 Å². The predicted molar refractivity (Wildman–Crippen MR) is 141 cm³/mol. The Hall–Kier alpha value is -1.73. The van der Waals surface area contributed by atoms with Crippen molar-refractivity contribution in [2.75, 3.05) is 57.7 Å². The second-order valence-electron chi connectivity index (χ2n) is 10.1. The van der Waals surface area contributed by atoms with Crippen LogP contribution in [0.5, 0.6) is 0 Å². The number of hydrogen-bond donors (Lipinski definition) is 4. The van der Waals surface area contributed by atoms with Gasteiger partial charge in [-0.2, -0.15) is 0 Å². The van der Waals surface area contributed by atoms with Gasteiger partial charge in [-0.05, 0) is 31.6 Å². The van der Waals surface area contributed by atoms with Gasteiger partial charge in [-0.25, -0.2) is 0 Å². The Labute approximate surface area is 224 Å². The summed E-state index contributed by atoms with van der Waals surface area (Å²) in [5, 5.41) is 16.7. The van der Waals surface area contributed by atoms with Gasteiger partial charge in [-0.1, -0.05) is 27.7 Å². The molecule has 12 heteroatoms. The van der Waals surface area contributed by atoms with Gasteiger partial charge in [0, 0.05) is 5.75 Å². The van der Waals surface area contributed by atoms with E-state index in [1.807, 2.05) is 27.7 Å². The summed E-state index contributed by atoms with van der Waals surface area (Å²) >= 11 is 1.39. The predicted octanol–water partition coefficient (Wildman–Crippen LogP) is 0.281. The van der Waals surface area contributed by atoms with Crippen LogP contribution in [0, 0.1) is 11.8 Å². The average molecular weight is 548 g/mol. The molecular weight excluding hydrogens is 502 g/mol. The number of amides is 3. The molecule has 1 saturated heterocycles. The molecule has 0 bridgehead atoms. The Kier molecular flexibility index (Phi) is 15.9. The molecule has 1 heterocycles. The number of epoxide rings is 1. The number of carbonyl (C=O) groups is 4. The first-order valence-corrected chi connectivity index (χ1v) is 14.0. The quantitative estimate of drug-likeness (QED) is 0.117. The standard InChI is InChI=1S/C25H45N3O8S/c1-17(2)12-19(23(32)25(5)16-36-25)27-21(30)14-26-24(33)20(13-18(3)4)28-22(31)15-37-11-10-35-9-8-34-7-6-29/h17-20,29H,6-16H2,1-5H3,(H,26,33)(H,27,30)(H,28,31)/t19-,20-,25+/m0/s1. The monoisotopic (exact) mass is 547 g/mol. The molecule has 0 aromatic rings. The number of thioether (sulfide) groups is 1. The number of aliphatic hydroxyl groups excluding tert-OH is 1. The second kappa shape index (κ2) is 17.7. The van der Waals surface area contributed by atoms with E-state index in [2.05, 4.69) is 16.0 Å². The Morgan fingerprint density at radius 2 is 1.49 bits per heavy atom. The Morgan fingerprint density at radius 3 is 2.05 bits per heavy atom. The van der Waals surface area contributed by atoms with Gasteiger partial charge in [0.15, 0.2) is 5.78 Å². The van der Waals surface area contributed by atoms with E-state index in [9.17, 15) is 19.2 Å². The zero-order valence-corrected chi connectivity index (χ0v) is 23.6. The van der Waals surface area contributed by atoms with Gasteiger partial charge >= 0.3 is 0 Å². The number of ether oxygens (including phenoxy) is 3. The van der Waals surface area contributed by atoms with Crippen molar-refractivity contribution in [2.45, 2.75) is 65.1 Å². The van der Waals surface area contributed by atoms with Gasteiger partial charge in [0.25, 0.3) is 0 Å². The molecule has 0 aromatic carbocycles. The number of aliphatic hydroxyl groups is 1. The summed E-state index contributed by atoms with van der Waals surface area (Å²) in [6.07, 6.45) is 0.897. The molecule has 214 valence electrons. The summed E-state index contributed by atoms with van der Waals surface area (Å²) < 4.78 is 15.7. The molecular formula is C25H45N3O8S. The maximum atomic E-state index is 12.8. The molecule has 0 unspecified atom stereocenters. The van der Waals surface area contributed by atoms with E-state index in [0.29, 0.717) is 45.0 Å². The minimum absolute atomic E-state index is 0.0247. The maximum absolute atomic E-state index is 12.8. The normalized spacial score (nSPS) is 18.4. The van der Waals surface area contributed by atoms with E-state index in [-0.39, 0.29) is 49.0 Å². The molecule has 0 aromatic heterocycles. The SMILES string of the molecule is CC(C)C[C@H](NC(=O)CSCCOCCOCCO)C(=O)NCC(=O)N[C@@H](CC(C)C)C(=O)[C@@]1(C)CO1. The van der Waals surface area contributed by atoms with Crippen molar-refractivity contribution in [3.8, 4) is 0 Å². The molecule has 37 heavy (non-hydrogen) atoms. The molecule has 1 aliphatic heterocycles. The highest BCUT2D eigenvalue weighted by atomic mass is 32.2. The molecule has 3 amide bonds. The molecule has 0 aliphatic carbocycles. The molecule has 1 fully saturated rings. The van der Waals surface area contributed by atoms with Gasteiger partial charge < -0.3 is 35.3 Å². The minimum Gasteiger partial charge on any atom is -0.394 e. The van der Waals surface area contributed by atoms with Crippen LogP contribution in [0.15, 0.2) is 0 Å². The summed E-state index contributed by atoms with van der Waals surface area (Å²) in [4.78, 5) is 50.4. The first-order chi connectivity index (χ1) is 17.5. The van der Waals surface area contributed by atoms with Crippen LogP contribution in [0.4, 0.5) is 0 Å². The van der Waals surface area contributed by atoms with Crippen LogP contribution in [0.3, 0.4) is 0 Å². The van der Waals surface area contributed by atoms with Gasteiger partial charge in [0.2, 0.25) is 17.7 Å². The number of nitrogens with one attached hydrogen (secondary N) is 3. The number of rotatable bonds is 21. The molecule has 0 radical (unpaired) electrons. The Morgan fingerprint density at radius 1 is 0.919 bits per heavy atom. The highest BCUT2D eigenvalue weighted by molar-refractivity contribution is 7.99. The van der Waals surface area contributed by atoms with Crippen molar-refractivity contribution in [2.24, 2.45) is 11.8 Å². The van der Waals surface area contributed by atoms with Crippen LogP contribution < -0.4 is 16.0 Å². The number of carbonyl (C=O) groups excluding carboxylic acids is 4. The van der Waals surface area contributed by atoms with Crippen molar-refractivity contribution >= 4 is 35.3 Å². The summed E-state index contributed by atoms with van der Waals surface area (Å²) in [7, 11) is 0. The lowest BCUT2D eigenvalue weighted by atomic mass is 9.93. The molecule has 0 saturated carbocycles. The fourth-order valence-electron chi connectivity index (χ4n) is 3.47. The van der Waals surface area contributed by atoms with Crippen molar-refractivity contribution in [3.63, 3.8) is 0 Å². The molecule has 11 nitrogen and oxygen atoms in total. The molecule has 3 atom stereocenters. The summed E-state index contributed by atoms with van der Waals surface area (Å²) in [6.45, 7) is 11.1. The topological polar surface area (TPSA) is 156 Å². The Balaban J connectivity index is 2.43. The highest BCUT2D eigenvalue weighted by Gasteiger charge is 2.50. The maximum Gasteiger partial charge on any atom is 0.243 e. The summed E-state index contributed by atoms with van der Waals surface area (Å²) in [5.74, 6) is -0.244. The first-order valence-electron chi connectivity index (χ1n) is 12.9. The van der Waals surface area contributed by atoms with Crippen molar-refractivity contribution in [1.82, 2.24) is 16.0 Å². The first kappa shape index (κ1) is 33.3. The molecule has 4 N–H and O–H groups in total. The number of hydrogen-bond acceptors (Lipinski definition) is 9. The smallest absolute Gasteiger partial charge is 0.243 e. The third-order valence-corrected chi connectivity index (χ3v) is 6.37. The lowest BCUT2D eigenvalue weighted by Crippen LogP contribution is -2.52. The van der Waals surface area contributed by atoms with Crippen LogP contribution in [0.2, 0.25) is 0 Å². The van der Waals surface area contributed by atoms with Gasteiger partial charge in [0.05, 0.1) is 58.0 Å². The van der Waals surface area contributed by atoms with Crippen LogP contribution >= 0.6 is 11.8 Å². The third kappa shape index (κ3) is 14.7. The average Bonchev–Trinajstić information content (AvgIpc) is 3.58. The number of Topliss-reactive ketones (excluding diaryl/α,β-unsaturated/α-hetero) is 1. The van der Waals surface area contributed by atoms with Gasteiger partial charge in [-0.15, -0.1) is 11.8 Å². The zero-order valence-electron chi connectivity index (χ0n) is 22.8. The molecule has 1 rings (SSSR count). The van der Waals surface area contributed by atoms with Crippen LogP contribution in [0.25, 0.3) is 0 Å². The van der Waals surface area contributed by atoms with Crippen LogP contribution in [-0.2, 0) is 33.4 Å². The summed E-state index contributed by atoms with van der Waals surface area (Å²) in [5.41, 5.74) is -0.846. The van der Waals surface area contributed by atoms with Crippen molar-refractivity contribution in [1.29, 1.82) is 0 Å². The van der Waals surface area contributed by atoms with Crippen LogP contribution in [-0.4, -0.2) is 104 Å². The number of ketones is 1. The Bertz CT molecular complexity index is 731. The third-order valence-electron chi connectivity index (χ3n) is 5.45. The van der Waals surface area contributed by atoms with E-state index in [1.54, 1.807) is 6.92 Å². The lowest BCUT2D eigenvalue weighted by Gasteiger charge is -2.22. The molecule has 1 aliphatic rings. The fraction of sp³-hybridized carbons (Fsp3) is 0.840. The van der Waals surface area contributed by atoms with Crippen molar-refractivity contribution < 1.29 is 38.5 Å². The van der Waals surface area contributed by atoms with Gasteiger partial charge in [-0.3, -0.25) is 19.2 Å². The lowest BCUT2D eigenvalue weighted by molar-refractivity contribution is -0.132. The second-order valence-corrected chi connectivity index (χ2v) is 11.2. The van der Waals surface area contributed by atoms with Crippen molar-refractivity contribution in [3.05, 3.63) is 0 Å². The highest BCUT2D eigenvalue weighted by Crippen LogP contribution is 2.29. The summed E-state index contributed by atoms with van der Waals surface area (Å²) in [6, 6.07) is -1.45.